The molecular weight excluding hydrogens is 514 g/mol. The first kappa shape index (κ1) is 29.8. The van der Waals surface area contributed by atoms with Crippen LogP contribution in [0.1, 0.15) is 45.7 Å². The van der Waals surface area contributed by atoms with E-state index in [0.717, 1.165) is 43.9 Å². The van der Waals surface area contributed by atoms with Crippen LogP contribution in [0, 0.1) is 0 Å². The predicted molar refractivity (Wildman–Crippen MR) is 158 cm³/mol. The summed E-state index contributed by atoms with van der Waals surface area (Å²) < 4.78 is 5.20. The van der Waals surface area contributed by atoms with Crippen LogP contribution in [0.4, 0.5) is 5.69 Å². The minimum Gasteiger partial charge on any atom is -0.497 e. The number of halogens is 1. The average molecular weight is 550 g/mol. The molecule has 0 aliphatic heterocycles. The van der Waals surface area contributed by atoms with Crippen molar-refractivity contribution in [3.8, 4) is 5.75 Å². The summed E-state index contributed by atoms with van der Waals surface area (Å²) >= 11 is 6.16. The van der Waals surface area contributed by atoms with E-state index in [1.807, 2.05) is 36.4 Å². The third-order valence-electron chi connectivity index (χ3n) is 6.28. The van der Waals surface area contributed by atoms with Gasteiger partial charge in [-0.3, -0.25) is 9.59 Å². The molecule has 0 radical (unpaired) electrons. The van der Waals surface area contributed by atoms with E-state index in [4.69, 9.17) is 16.3 Å². The monoisotopic (exact) mass is 549 g/mol. The topological polar surface area (TPSA) is 86.3 Å². The van der Waals surface area contributed by atoms with Crippen molar-refractivity contribution < 1.29 is 14.3 Å². The van der Waals surface area contributed by atoms with Gasteiger partial charge in [-0.1, -0.05) is 49.7 Å². The SMILES string of the molecule is CCN(CC)CCN(C)Cc1cccc(C(=O)Nc2ccc(Cl)cc2C(=O)NN=Cc2cccc(OC)c2)c1. The van der Waals surface area contributed by atoms with Gasteiger partial charge in [0.1, 0.15) is 5.75 Å². The smallest absolute Gasteiger partial charge is 0.273 e. The first-order chi connectivity index (χ1) is 18.8. The van der Waals surface area contributed by atoms with Crippen molar-refractivity contribution in [1.29, 1.82) is 0 Å². The van der Waals surface area contributed by atoms with Gasteiger partial charge in [0, 0.05) is 30.2 Å². The molecule has 0 fully saturated rings. The minimum atomic E-state index is -0.504. The van der Waals surface area contributed by atoms with Crippen molar-refractivity contribution >= 4 is 35.3 Å². The molecule has 0 atom stereocenters. The van der Waals surface area contributed by atoms with E-state index in [9.17, 15) is 9.59 Å². The summed E-state index contributed by atoms with van der Waals surface area (Å²) in [5.41, 5.74) is 5.32. The Morgan fingerprint density at radius 1 is 0.974 bits per heavy atom. The standard InChI is InChI=1S/C30H36ClN5O3/c1-5-36(6-2)16-15-35(3)21-23-10-7-11-24(17-23)29(37)33-28-14-13-25(31)19-27(28)30(38)34-32-20-22-9-8-12-26(18-22)39-4/h7-14,17-20H,5-6,15-16,21H2,1-4H3,(H,33,37)(H,34,38). The Morgan fingerprint density at radius 3 is 2.49 bits per heavy atom. The third kappa shape index (κ3) is 9.21. The molecule has 3 rings (SSSR count). The van der Waals surface area contributed by atoms with Gasteiger partial charge in [-0.25, -0.2) is 5.43 Å². The fourth-order valence-electron chi connectivity index (χ4n) is 4.01. The molecule has 0 heterocycles. The molecule has 3 aromatic carbocycles. The molecule has 39 heavy (non-hydrogen) atoms. The van der Waals surface area contributed by atoms with E-state index in [1.165, 1.54) is 12.3 Å². The lowest BCUT2D eigenvalue weighted by Gasteiger charge is -2.23. The van der Waals surface area contributed by atoms with E-state index in [2.05, 4.69) is 46.5 Å². The van der Waals surface area contributed by atoms with Crippen LogP contribution in [-0.4, -0.2) is 68.2 Å². The van der Waals surface area contributed by atoms with Crippen LogP contribution in [0.15, 0.2) is 71.8 Å². The molecule has 3 aromatic rings. The van der Waals surface area contributed by atoms with Gasteiger partial charge in [0.15, 0.2) is 0 Å². The first-order valence-corrected chi connectivity index (χ1v) is 13.3. The Balaban J connectivity index is 1.67. The predicted octanol–water partition coefficient (Wildman–Crippen LogP) is 5.14. The Hall–Kier alpha value is -3.72. The van der Waals surface area contributed by atoms with Crippen LogP contribution >= 0.6 is 11.6 Å². The maximum absolute atomic E-state index is 13.1. The molecule has 0 aromatic heterocycles. The van der Waals surface area contributed by atoms with Gasteiger partial charge in [0.25, 0.3) is 11.8 Å². The normalized spacial score (nSPS) is 11.3. The number of benzene rings is 3. The lowest BCUT2D eigenvalue weighted by atomic mass is 10.1. The molecule has 9 heteroatoms. The van der Waals surface area contributed by atoms with E-state index in [-0.39, 0.29) is 11.5 Å². The van der Waals surface area contributed by atoms with Gasteiger partial charge >= 0.3 is 0 Å². The molecule has 0 saturated carbocycles. The van der Waals surface area contributed by atoms with Crippen molar-refractivity contribution in [2.45, 2.75) is 20.4 Å². The number of amides is 2. The summed E-state index contributed by atoms with van der Waals surface area (Å²) in [5.74, 6) is -0.144. The number of nitrogens with zero attached hydrogens (tertiary/aromatic N) is 3. The van der Waals surface area contributed by atoms with E-state index < -0.39 is 5.91 Å². The highest BCUT2D eigenvalue weighted by Crippen LogP contribution is 2.22. The summed E-state index contributed by atoms with van der Waals surface area (Å²) in [7, 11) is 3.65. The van der Waals surface area contributed by atoms with Crippen LogP contribution in [0.3, 0.4) is 0 Å². The summed E-state index contributed by atoms with van der Waals surface area (Å²) in [4.78, 5) is 30.7. The highest BCUT2D eigenvalue weighted by molar-refractivity contribution is 6.31. The number of rotatable bonds is 13. The number of ether oxygens (including phenoxy) is 1. The van der Waals surface area contributed by atoms with Crippen LogP contribution in [0.2, 0.25) is 5.02 Å². The number of carbonyl (C=O) groups is 2. The summed E-state index contributed by atoms with van der Waals surface area (Å²) in [6, 6.07) is 19.5. The number of hydrazone groups is 1. The van der Waals surface area contributed by atoms with Crippen molar-refractivity contribution in [2.75, 3.05) is 45.7 Å². The third-order valence-corrected chi connectivity index (χ3v) is 6.52. The molecule has 0 aliphatic carbocycles. The van der Waals surface area contributed by atoms with Gasteiger partial charge in [-0.15, -0.1) is 0 Å². The summed E-state index contributed by atoms with van der Waals surface area (Å²) in [6.45, 7) is 9.03. The van der Waals surface area contributed by atoms with Crippen LogP contribution in [-0.2, 0) is 6.54 Å². The highest BCUT2D eigenvalue weighted by atomic mass is 35.5. The minimum absolute atomic E-state index is 0.200. The second kappa shape index (κ2) is 15.0. The number of methoxy groups -OCH3 is 1. The Morgan fingerprint density at radius 2 is 1.74 bits per heavy atom. The largest absolute Gasteiger partial charge is 0.497 e. The summed E-state index contributed by atoms with van der Waals surface area (Å²) in [6.07, 6.45) is 1.51. The Labute approximate surface area is 235 Å². The van der Waals surface area contributed by atoms with Crippen molar-refractivity contribution in [3.63, 3.8) is 0 Å². The van der Waals surface area contributed by atoms with Crippen molar-refractivity contribution in [1.82, 2.24) is 15.2 Å². The van der Waals surface area contributed by atoms with E-state index >= 15 is 0 Å². The van der Waals surface area contributed by atoms with Crippen molar-refractivity contribution in [3.05, 3.63) is 94.0 Å². The molecule has 0 aliphatic rings. The molecule has 0 spiro atoms. The van der Waals surface area contributed by atoms with Crippen LogP contribution < -0.4 is 15.5 Å². The second-order valence-electron chi connectivity index (χ2n) is 9.08. The maximum atomic E-state index is 13.1. The van der Waals surface area contributed by atoms with Gasteiger partial charge < -0.3 is 19.9 Å². The average Bonchev–Trinajstić information content (AvgIpc) is 2.94. The number of hydrogen-bond acceptors (Lipinski definition) is 6. The van der Waals surface area contributed by atoms with Gasteiger partial charge in [-0.2, -0.15) is 5.10 Å². The first-order valence-electron chi connectivity index (χ1n) is 12.9. The molecule has 0 bridgehead atoms. The molecule has 2 amide bonds. The molecule has 8 nitrogen and oxygen atoms in total. The molecular formula is C30H36ClN5O3. The molecule has 206 valence electrons. The number of carbonyl (C=O) groups excluding carboxylic acids is 2. The zero-order chi connectivity index (χ0) is 28.2. The van der Waals surface area contributed by atoms with Crippen LogP contribution in [0.25, 0.3) is 0 Å². The van der Waals surface area contributed by atoms with Gasteiger partial charge in [-0.05, 0) is 73.7 Å². The summed E-state index contributed by atoms with van der Waals surface area (Å²) in [5, 5.41) is 7.25. The lowest BCUT2D eigenvalue weighted by molar-refractivity contribution is 0.0956. The molecule has 2 N–H and O–H groups in total. The number of nitrogens with one attached hydrogen (secondary N) is 2. The van der Waals surface area contributed by atoms with Gasteiger partial charge in [0.2, 0.25) is 0 Å². The Bertz CT molecular complexity index is 1290. The number of anilines is 1. The van der Waals surface area contributed by atoms with Gasteiger partial charge in [0.05, 0.1) is 24.6 Å². The van der Waals surface area contributed by atoms with Crippen molar-refractivity contribution in [2.24, 2.45) is 5.10 Å². The fraction of sp³-hybridized carbons (Fsp3) is 0.300. The zero-order valence-corrected chi connectivity index (χ0v) is 23.7. The van der Waals surface area contributed by atoms with E-state index in [1.54, 1.807) is 31.4 Å². The molecule has 0 saturated heterocycles. The zero-order valence-electron chi connectivity index (χ0n) is 22.9. The number of hydrogen-bond donors (Lipinski definition) is 2. The lowest BCUT2D eigenvalue weighted by Crippen LogP contribution is -2.32. The maximum Gasteiger partial charge on any atom is 0.273 e. The highest BCUT2D eigenvalue weighted by Gasteiger charge is 2.16. The second-order valence-corrected chi connectivity index (χ2v) is 9.52. The fourth-order valence-corrected chi connectivity index (χ4v) is 4.18. The molecule has 0 unspecified atom stereocenters. The van der Waals surface area contributed by atoms with E-state index in [0.29, 0.717) is 22.0 Å². The van der Waals surface area contributed by atoms with Crippen LogP contribution in [0.5, 0.6) is 5.75 Å². The Kier molecular flexibility index (Phi) is 11.5. The quantitative estimate of drug-likeness (QED) is 0.228. The number of likely N-dealkylation sites (N-methyl/N-ethyl adjacent to an activating group) is 2.